The Bertz CT molecular complexity index is 463. The molecule has 0 radical (unpaired) electrons. The van der Waals surface area contributed by atoms with Crippen LogP contribution in [0, 0.1) is 6.92 Å². The summed E-state index contributed by atoms with van der Waals surface area (Å²) in [5.41, 5.74) is 7.89. The largest absolute Gasteiger partial charge is 0.508 e. The van der Waals surface area contributed by atoms with E-state index in [1.807, 2.05) is 13.0 Å². The fourth-order valence-corrected chi connectivity index (χ4v) is 1.37. The summed E-state index contributed by atoms with van der Waals surface area (Å²) in [6, 6.07) is 5.24. The van der Waals surface area contributed by atoms with Crippen molar-refractivity contribution in [1.29, 1.82) is 0 Å². The van der Waals surface area contributed by atoms with Crippen LogP contribution in [0.15, 0.2) is 28.9 Å². The first-order valence-corrected chi connectivity index (χ1v) is 4.19. The van der Waals surface area contributed by atoms with Crippen LogP contribution in [-0.2, 0) is 0 Å². The van der Waals surface area contributed by atoms with E-state index in [1.54, 1.807) is 12.1 Å². The highest BCUT2D eigenvalue weighted by atomic mass is 16.5. The molecule has 0 aliphatic rings. The van der Waals surface area contributed by atoms with Crippen molar-refractivity contribution in [1.82, 2.24) is 5.16 Å². The van der Waals surface area contributed by atoms with Crippen molar-refractivity contribution in [2.75, 3.05) is 5.73 Å². The Kier molecular flexibility index (Phi) is 1.89. The second-order valence-corrected chi connectivity index (χ2v) is 3.05. The highest BCUT2D eigenvalue weighted by Gasteiger charge is 2.10. The molecule has 0 amide bonds. The summed E-state index contributed by atoms with van der Waals surface area (Å²) in [6.45, 7) is 1.82. The first-order chi connectivity index (χ1) is 6.70. The molecule has 3 N–H and O–H groups in total. The second kappa shape index (κ2) is 3.06. The normalized spacial score (nSPS) is 10.4. The Balaban J connectivity index is 2.63. The van der Waals surface area contributed by atoms with Crippen molar-refractivity contribution in [3.63, 3.8) is 0 Å². The summed E-state index contributed by atoms with van der Waals surface area (Å²) >= 11 is 0. The van der Waals surface area contributed by atoms with E-state index in [0.717, 1.165) is 11.1 Å². The molecular formula is C10H10N2O2. The van der Waals surface area contributed by atoms with Gasteiger partial charge in [-0.2, -0.15) is 0 Å². The number of anilines is 1. The summed E-state index contributed by atoms with van der Waals surface area (Å²) in [4.78, 5) is 0. The van der Waals surface area contributed by atoms with Crippen LogP contribution in [-0.4, -0.2) is 10.3 Å². The second-order valence-electron chi connectivity index (χ2n) is 3.05. The van der Waals surface area contributed by atoms with Crippen molar-refractivity contribution in [3.8, 4) is 16.9 Å². The number of nitrogen functional groups attached to an aromatic ring is 1. The number of hydrogen-bond acceptors (Lipinski definition) is 4. The van der Waals surface area contributed by atoms with Crippen LogP contribution in [0.2, 0.25) is 0 Å². The van der Waals surface area contributed by atoms with Crippen LogP contribution in [0.1, 0.15) is 5.56 Å². The van der Waals surface area contributed by atoms with Crippen molar-refractivity contribution in [3.05, 3.63) is 30.0 Å². The maximum absolute atomic E-state index is 9.50. The van der Waals surface area contributed by atoms with Gasteiger partial charge in [0.25, 0.3) is 0 Å². The van der Waals surface area contributed by atoms with Crippen LogP contribution in [0.25, 0.3) is 11.1 Å². The van der Waals surface area contributed by atoms with E-state index in [0.29, 0.717) is 5.56 Å². The van der Waals surface area contributed by atoms with Crippen molar-refractivity contribution in [2.24, 2.45) is 0 Å². The zero-order valence-corrected chi connectivity index (χ0v) is 7.69. The van der Waals surface area contributed by atoms with Gasteiger partial charge in [0.15, 0.2) is 0 Å². The van der Waals surface area contributed by atoms with Gasteiger partial charge in [0.2, 0.25) is 5.88 Å². The van der Waals surface area contributed by atoms with E-state index in [2.05, 4.69) is 5.16 Å². The maximum Gasteiger partial charge on any atom is 0.229 e. The van der Waals surface area contributed by atoms with E-state index in [4.69, 9.17) is 10.3 Å². The molecule has 4 heteroatoms. The molecule has 1 heterocycles. The topological polar surface area (TPSA) is 72.3 Å². The molecule has 1 aromatic heterocycles. The molecule has 0 unspecified atom stereocenters. The fraction of sp³-hybridized carbons (Fsp3) is 0.100. The molecule has 0 spiro atoms. The SMILES string of the molecule is Cc1c(O)cccc1-c1cnoc1N. The van der Waals surface area contributed by atoms with Gasteiger partial charge >= 0.3 is 0 Å². The molecule has 0 fully saturated rings. The third-order valence-electron chi connectivity index (χ3n) is 2.19. The van der Waals surface area contributed by atoms with Gasteiger partial charge in [0.05, 0.1) is 11.8 Å². The zero-order valence-electron chi connectivity index (χ0n) is 7.69. The first kappa shape index (κ1) is 8.62. The molecule has 72 valence electrons. The number of hydrogen-bond donors (Lipinski definition) is 2. The predicted molar refractivity (Wildman–Crippen MR) is 52.8 cm³/mol. The Morgan fingerprint density at radius 2 is 2.14 bits per heavy atom. The van der Waals surface area contributed by atoms with E-state index in [1.165, 1.54) is 6.20 Å². The lowest BCUT2D eigenvalue weighted by Gasteiger charge is -2.04. The quantitative estimate of drug-likeness (QED) is 0.720. The molecule has 0 aliphatic heterocycles. The molecule has 0 saturated carbocycles. The number of aromatic hydroxyl groups is 1. The van der Waals surface area contributed by atoms with Gasteiger partial charge in [-0.05, 0) is 24.1 Å². The molecule has 0 atom stereocenters. The summed E-state index contributed by atoms with van der Waals surface area (Å²) in [6.07, 6.45) is 1.54. The zero-order chi connectivity index (χ0) is 10.1. The molecule has 0 bridgehead atoms. The van der Waals surface area contributed by atoms with Crippen molar-refractivity contribution >= 4 is 5.88 Å². The highest BCUT2D eigenvalue weighted by Crippen LogP contribution is 2.32. The van der Waals surface area contributed by atoms with E-state index in [-0.39, 0.29) is 11.6 Å². The minimum atomic E-state index is 0.239. The smallest absolute Gasteiger partial charge is 0.229 e. The standard InChI is InChI=1S/C10H10N2O2/c1-6-7(3-2-4-9(6)13)8-5-12-14-10(8)11/h2-5,13H,11H2,1H3. The first-order valence-electron chi connectivity index (χ1n) is 4.19. The number of nitrogens with two attached hydrogens (primary N) is 1. The van der Waals surface area contributed by atoms with Crippen molar-refractivity contribution in [2.45, 2.75) is 6.92 Å². The third-order valence-corrected chi connectivity index (χ3v) is 2.19. The molecule has 4 nitrogen and oxygen atoms in total. The average molecular weight is 190 g/mol. The summed E-state index contributed by atoms with van der Waals surface area (Å²) in [5, 5.41) is 13.1. The van der Waals surface area contributed by atoms with Gasteiger partial charge < -0.3 is 15.4 Å². The molecule has 2 rings (SSSR count). The van der Waals surface area contributed by atoms with Crippen LogP contribution < -0.4 is 5.73 Å². The Morgan fingerprint density at radius 3 is 2.79 bits per heavy atom. The predicted octanol–water partition coefficient (Wildman–Crippen LogP) is 1.94. The highest BCUT2D eigenvalue weighted by molar-refractivity contribution is 5.75. The molecular weight excluding hydrogens is 180 g/mol. The van der Waals surface area contributed by atoms with Gasteiger partial charge in [-0.1, -0.05) is 17.3 Å². The van der Waals surface area contributed by atoms with E-state index in [9.17, 15) is 5.11 Å². The summed E-state index contributed by atoms with van der Waals surface area (Å²) in [7, 11) is 0. The molecule has 1 aromatic carbocycles. The van der Waals surface area contributed by atoms with Gasteiger partial charge in [-0.3, -0.25) is 0 Å². The molecule has 14 heavy (non-hydrogen) atoms. The van der Waals surface area contributed by atoms with Crippen LogP contribution in [0.4, 0.5) is 5.88 Å². The number of aromatic nitrogens is 1. The Labute approximate surface area is 81.0 Å². The third kappa shape index (κ3) is 1.21. The van der Waals surface area contributed by atoms with Gasteiger partial charge in [0.1, 0.15) is 5.75 Å². The number of rotatable bonds is 1. The van der Waals surface area contributed by atoms with Gasteiger partial charge in [-0.25, -0.2) is 0 Å². The lowest BCUT2D eigenvalue weighted by Crippen LogP contribution is -1.87. The van der Waals surface area contributed by atoms with Gasteiger partial charge in [0, 0.05) is 0 Å². The number of phenolic OH excluding ortho intramolecular Hbond substituents is 1. The Hall–Kier alpha value is -1.97. The minimum Gasteiger partial charge on any atom is -0.508 e. The van der Waals surface area contributed by atoms with Crippen molar-refractivity contribution < 1.29 is 9.63 Å². The van der Waals surface area contributed by atoms with E-state index < -0.39 is 0 Å². The summed E-state index contributed by atoms with van der Waals surface area (Å²) < 4.78 is 4.76. The maximum atomic E-state index is 9.50. The average Bonchev–Trinajstić information content (AvgIpc) is 2.57. The number of benzene rings is 1. The summed E-state index contributed by atoms with van der Waals surface area (Å²) in [5.74, 6) is 0.502. The lowest BCUT2D eigenvalue weighted by atomic mass is 10.0. The number of phenols is 1. The fourth-order valence-electron chi connectivity index (χ4n) is 1.37. The van der Waals surface area contributed by atoms with Crippen LogP contribution >= 0.6 is 0 Å². The molecule has 0 aliphatic carbocycles. The van der Waals surface area contributed by atoms with Crippen LogP contribution in [0.3, 0.4) is 0 Å². The van der Waals surface area contributed by atoms with Crippen LogP contribution in [0.5, 0.6) is 5.75 Å². The lowest BCUT2D eigenvalue weighted by molar-refractivity contribution is 0.436. The minimum absolute atomic E-state index is 0.239. The van der Waals surface area contributed by atoms with E-state index >= 15 is 0 Å². The Morgan fingerprint density at radius 1 is 1.36 bits per heavy atom. The molecule has 2 aromatic rings. The monoisotopic (exact) mass is 190 g/mol. The number of nitrogens with zero attached hydrogens (tertiary/aromatic N) is 1. The van der Waals surface area contributed by atoms with Gasteiger partial charge in [-0.15, -0.1) is 0 Å². The molecule has 0 saturated heterocycles.